The first-order valence-corrected chi connectivity index (χ1v) is 9.76. The molecule has 138 valence electrons. The number of fused-ring (bicyclic) bond motifs is 2. The Morgan fingerprint density at radius 3 is 2.92 bits per heavy atom. The lowest BCUT2D eigenvalue weighted by molar-refractivity contribution is -0.143. The van der Waals surface area contributed by atoms with Gasteiger partial charge in [-0.05, 0) is 24.5 Å². The third kappa shape index (κ3) is 3.26. The highest BCUT2D eigenvalue weighted by Crippen LogP contribution is 2.45. The van der Waals surface area contributed by atoms with E-state index in [9.17, 15) is 14.3 Å². The number of carbonyl (C=O) groups is 1. The number of benzene rings is 1. The van der Waals surface area contributed by atoms with Crippen LogP contribution in [-0.4, -0.2) is 40.6 Å². The molecule has 1 atom stereocenters. The number of carboxylic acids is 1. The van der Waals surface area contributed by atoms with Crippen LogP contribution in [0.3, 0.4) is 0 Å². The summed E-state index contributed by atoms with van der Waals surface area (Å²) in [6.45, 7) is 2.34. The lowest BCUT2D eigenvalue weighted by Gasteiger charge is -2.40. The molecule has 26 heavy (non-hydrogen) atoms. The van der Waals surface area contributed by atoms with Crippen molar-refractivity contribution in [1.29, 1.82) is 0 Å². The predicted molar refractivity (Wildman–Crippen MR) is 95.5 cm³/mol. The second kappa shape index (κ2) is 7.06. The van der Waals surface area contributed by atoms with Gasteiger partial charge in [0.2, 0.25) is 0 Å². The van der Waals surface area contributed by atoms with E-state index >= 15 is 0 Å². The molecule has 1 N–H and O–H groups in total. The Hall–Kier alpha value is -1.83. The molecule has 3 heterocycles. The van der Waals surface area contributed by atoms with Gasteiger partial charge in [-0.25, -0.2) is 9.37 Å². The van der Waals surface area contributed by atoms with Crippen molar-refractivity contribution in [3.8, 4) is 0 Å². The minimum atomic E-state index is -0.799. The summed E-state index contributed by atoms with van der Waals surface area (Å²) in [4.78, 5) is 18.0. The first-order valence-electron chi connectivity index (χ1n) is 8.81. The minimum absolute atomic E-state index is 0.194. The summed E-state index contributed by atoms with van der Waals surface area (Å²) in [7, 11) is 0. The van der Waals surface area contributed by atoms with Crippen molar-refractivity contribution in [2.75, 3.05) is 19.6 Å². The number of hydrogen-bond donors (Lipinski definition) is 1. The summed E-state index contributed by atoms with van der Waals surface area (Å²) in [5.41, 5.74) is 3.64. The molecule has 1 unspecified atom stereocenters. The highest BCUT2D eigenvalue weighted by atomic mass is 32.1. The quantitative estimate of drug-likeness (QED) is 0.869. The molecule has 2 aliphatic heterocycles. The van der Waals surface area contributed by atoms with E-state index in [-0.39, 0.29) is 5.82 Å². The number of ether oxygens (including phenoxy) is 1. The van der Waals surface area contributed by atoms with E-state index in [4.69, 9.17) is 4.74 Å². The van der Waals surface area contributed by atoms with Gasteiger partial charge in [-0.15, -0.1) is 11.3 Å². The van der Waals surface area contributed by atoms with Gasteiger partial charge in [-0.3, -0.25) is 4.79 Å². The topological polar surface area (TPSA) is 62.7 Å². The Morgan fingerprint density at radius 1 is 1.42 bits per heavy atom. The van der Waals surface area contributed by atoms with E-state index in [1.807, 2.05) is 11.4 Å². The standard InChI is InChI=1S/C19H21FN2O3S/c20-16-3-1-2-13-10-25-19(17(13)16)4-6-22(7-5-19)9-14(18(23)24)8-15-11-26-12-21-15/h1-3,11-12,14H,4-10H2,(H,23,24). The van der Waals surface area contributed by atoms with Crippen LogP contribution in [0, 0.1) is 11.7 Å². The summed E-state index contributed by atoms with van der Waals surface area (Å²) >= 11 is 1.48. The molecule has 1 aromatic carbocycles. The number of likely N-dealkylation sites (tertiary alicyclic amines) is 1. The minimum Gasteiger partial charge on any atom is -0.481 e. The number of hydrogen-bond acceptors (Lipinski definition) is 5. The van der Waals surface area contributed by atoms with Gasteiger partial charge in [-0.1, -0.05) is 12.1 Å². The Bertz CT molecular complexity index is 788. The van der Waals surface area contributed by atoms with Gasteiger partial charge in [-0.2, -0.15) is 0 Å². The van der Waals surface area contributed by atoms with Crippen LogP contribution in [0.4, 0.5) is 4.39 Å². The molecular weight excluding hydrogens is 355 g/mol. The molecular formula is C19H21FN2O3S. The zero-order valence-electron chi connectivity index (χ0n) is 14.4. The Balaban J connectivity index is 1.42. The molecule has 4 rings (SSSR count). The predicted octanol–water partition coefficient (Wildman–Crippen LogP) is 3.05. The average Bonchev–Trinajstić information content (AvgIpc) is 3.26. The maximum Gasteiger partial charge on any atom is 0.308 e. The van der Waals surface area contributed by atoms with E-state index < -0.39 is 17.5 Å². The fraction of sp³-hybridized carbons (Fsp3) is 0.474. The SMILES string of the molecule is O=C(O)C(Cc1cscn1)CN1CCC2(CC1)OCc1cccc(F)c12. The van der Waals surface area contributed by atoms with E-state index in [2.05, 4.69) is 9.88 Å². The Labute approximate surface area is 155 Å². The molecule has 0 saturated carbocycles. The van der Waals surface area contributed by atoms with Gasteiger partial charge in [0.1, 0.15) is 5.82 Å². The number of thiazole rings is 1. The number of rotatable bonds is 5. The van der Waals surface area contributed by atoms with Gasteiger partial charge >= 0.3 is 5.97 Å². The molecule has 0 aliphatic carbocycles. The van der Waals surface area contributed by atoms with E-state index in [0.29, 0.717) is 51.1 Å². The third-order valence-electron chi connectivity index (χ3n) is 5.49. The first kappa shape index (κ1) is 17.6. The summed E-state index contributed by atoms with van der Waals surface area (Å²) < 4.78 is 20.4. The normalized spacial score (nSPS) is 20.2. The van der Waals surface area contributed by atoms with Crippen LogP contribution >= 0.6 is 11.3 Å². The summed E-state index contributed by atoms with van der Waals surface area (Å²) in [6.07, 6.45) is 1.81. The molecule has 0 bridgehead atoms. The molecule has 1 spiro atoms. The van der Waals surface area contributed by atoms with Crippen LogP contribution in [0.5, 0.6) is 0 Å². The highest BCUT2D eigenvalue weighted by molar-refractivity contribution is 7.07. The smallest absolute Gasteiger partial charge is 0.308 e. The average molecular weight is 376 g/mol. The van der Waals surface area contributed by atoms with E-state index in [1.165, 1.54) is 17.4 Å². The number of piperidine rings is 1. The lowest BCUT2D eigenvalue weighted by atomic mass is 9.83. The number of halogens is 1. The number of nitrogens with zero attached hydrogens (tertiary/aromatic N) is 2. The Morgan fingerprint density at radius 2 is 2.23 bits per heavy atom. The first-order chi connectivity index (χ1) is 12.6. The van der Waals surface area contributed by atoms with Crippen LogP contribution in [0.15, 0.2) is 29.1 Å². The zero-order chi connectivity index (χ0) is 18.1. The van der Waals surface area contributed by atoms with Crippen molar-refractivity contribution in [2.45, 2.75) is 31.5 Å². The van der Waals surface area contributed by atoms with Crippen LogP contribution in [-0.2, 0) is 28.2 Å². The third-order valence-corrected chi connectivity index (χ3v) is 6.13. The second-order valence-corrected chi connectivity index (χ2v) is 7.80. The van der Waals surface area contributed by atoms with Crippen molar-refractivity contribution < 1.29 is 19.0 Å². The molecule has 1 fully saturated rings. The molecule has 0 radical (unpaired) electrons. The van der Waals surface area contributed by atoms with Crippen molar-refractivity contribution in [1.82, 2.24) is 9.88 Å². The van der Waals surface area contributed by atoms with Crippen LogP contribution in [0.1, 0.15) is 29.7 Å². The zero-order valence-corrected chi connectivity index (χ0v) is 15.2. The molecule has 5 nitrogen and oxygen atoms in total. The molecule has 0 amide bonds. The van der Waals surface area contributed by atoms with Gasteiger partial charge in [0.05, 0.1) is 29.3 Å². The van der Waals surface area contributed by atoms with Crippen molar-refractivity contribution in [3.05, 3.63) is 51.7 Å². The van der Waals surface area contributed by atoms with E-state index in [1.54, 1.807) is 11.6 Å². The molecule has 2 aromatic rings. The monoisotopic (exact) mass is 376 g/mol. The largest absolute Gasteiger partial charge is 0.481 e. The van der Waals surface area contributed by atoms with Crippen molar-refractivity contribution in [2.24, 2.45) is 5.92 Å². The molecule has 2 aliphatic rings. The second-order valence-electron chi connectivity index (χ2n) is 7.08. The molecule has 1 aromatic heterocycles. The molecule has 1 saturated heterocycles. The van der Waals surface area contributed by atoms with E-state index in [0.717, 1.165) is 11.3 Å². The molecule has 7 heteroatoms. The maximum absolute atomic E-state index is 14.4. The highest BCUT2D eigenvalue weighted by Gasteiger charge is 2.44. The summed E-state index contributed by atoms with van der Waals surface area (Å²) in [5.74, 6) is -1.48. The number of aliphatic carboxylic acids is 1. The summed E-state index contributed by atoms with van der Waals surface area (Å²) in [6, 6.07) is 5.14. The number of carboxylic acid groups (broad SMARTS) is 1. The van der Waals surface area contributed by atoms with Crippen LogP contribution < -0.4 is 0 Å². The van der Waals surface area contributed by atoms with Gasteiger partial charge in [0, 0.05) is 37.0 Å². The van der Waals surface area contributed by atoms with Crippen molar-refractivity contribution in [3.63, 3.8) is 0 Å². The van der Waals surface area contributed by atoms with Crippen LogP contribution in [0.25, 0.3) is 0 Å². The van der Waals surface area contributed by atoms with Gasteiger partial charge in [0.25, 0.3) is 0 Å². The van der Waals surface area contributed by atoms with Crippen molar-refractivity contribution >= 4 is 17.3 Å². The Kier molecular flexibility index (Phi) is 4.77. The maximum atomic E-state index is 14.4. The fourth-order valence-electron chi connectivity index (χ4n) is 4.11. The summed E-state index contributed by atoms with van der Waals surface area (Å²) in [5, 5.41) is 11.4. The van der Waals surface area contributed by atoms with Gasteiger partial charge < -0.3 is 14.7 Å². The fourth-order valence-corrected chi connectivity index (χ4v) is 4.68. The number of aromatic nitrogens is 1. The van der Waals surface area contributed by atoms with Gasteiger partial charge in [0.15, 0.2) is 0 Å². The van der Waals surface area contributed by atoms with Crippen LogP contribution in [0.2, 0.25) is 0 Å². The lowest BCUT2D eigenvalue weighted by Crippen LogP contribution is -2.45.